The van der Waals surface area contributed by atoms with Crippen molar-refractivity contribution < 1.29 is 17.9 Å². The van der Waals surface area contributed by atoms with Crippen molar-refractivity contribution in [2.24, 2.45) is 0 Å². The van der Waals surface area contributed by atoms with E-state index in [1.807, 2.05) is 32.9 Å². The number of nitrogens with one attached hydrogen (secondary N) is 2. The first-order valence-electron chi connectivity index (χ1n) is 7.88. The van der Waals surface area contributed by atoms with Crippen LogP contribution in [0.4, 0.5) is 0 Å². The molecule has 0 heterocycles. The number of benzene rings is 2. The van der Waals surface area contributed by atoms with Gasteiger partial charge in [0.15, 0.2) is 6.61 Å². The van der Waals surface area contributed by atoms with E-state index >= 15 is 0 Å². The van der Waals surface area contributed by atoms with E-state index in [9.17, 15) is 13.2 Å². The Kier molecular flexibility index (Phi) is 6.17. The fourth-order valence-electron chi connectivity index (χ4n) is 2.11. The number of hydrazine groups is 1. The first-order chi connectivity index (χ1) is 11.8. The summed E-state index contributed by atoms with van der Waals surface area (Å²) in [7, 11) is -3.83. The second kappa shape index (κ2) is 8.13. The third-order valence-corrected chi connectivity index (χ3v) is 4.90. The Morgan fingerprint density at radius 2 is 1.72 bits per heavy atom. The average molecular weight is 362 g/mol. The molecule has 134 valence electrons. The van der Waals surface area contributed by atoms with Gasteiger partial charge in [-0.25, -0.2) is 8.42 Å². The van der Waals surface area contributed by atoms with Crippen molar-refractivity contribution >= 4 is 15.9 Å². The van der Waals surface area contributed by atoms with Crippen LogP contribution < -0.4 is 15.0 Å². The zero-order valence-corrected chi connectivity index (χ0v) is 15.3. The Morgan fingerprint density at radius 3 is 2.32 bits per heavy atom. The van der Waals surface area contributed by atoms with Crippen LogP contribution >= 0.6 is 0 Å². The standard InChI is InChI=1S/C18H22N2O4S/c1-13(2)15-8-10-16(11-9-15)25(22,23)20-19-18(21)12-24-17-7-5-4-6-14(17)3/h4-11,13,20H,12H2,1-3H3,(H,19,21). The Balaban J connectivity index is 1.90. The molecule has 0 atom stereocenters. The molecule has 0 saturated carbocycles. The summed E-state index contributed by atoms with van der Waals surface area (Å²) in [5.41, 5.74) is 4.07. The van der Waals surface area contributed by atoms with E-state index in [-0.39, 0.29) is 11.5 Å². The van der Waals surface area contributed by atoms with Gasteiger partial charge >= 0.3 is 0 Å². The SMILES string of the molecule is Cc1ccccc1OCC(=O)NNS(=O)(=O)c1ccc(C(C)C)cc1. The van der Waals surface area contributed by atoms with Gasteiger partial charge in [0, 0.05) is 0 Å². The summed E-state index contributed by atoms with van der Waals surface area (Å²) in [6.07, 6.45) is 0. The third-order valence-electron chi connectivity index (χ3n) is 3.63. The fraction of sp³-hybridized carbons (Fsp3) is 0.278. The fourth-order valence-corrected chi connectivity index (χ4v) is 2.97. The Hall–Kier alpha value is -2.38. The van der Waals surface area contributed by atoms with Gasteiger partial charge in [-0.3, -0.25) is 10.2 Å². The van der Waals surface area contributed by atoms with E-state index in [2.05, 4.69) is 10.3 Å². The molecular formula is C18H22N2O4S. The predicted molar refractivity (Wildman–Crippen MR) is 95.7 cm³/mol. The topological polar surface area (TPSA) is 84.5 Å². The number of hydrogen-bond donors (Lipinski definition) is 2. The molecule has 0 aliphatic rings. The summed E-state index contributed by atoms with van der Waals surface area (Å²) in [6.45, 7) is 5.61. The molecular weight excluding hydrogens is 340 g/mol. The first-order valence-corrected chi connectivity index (χ1v) is 9.37. The molecule has 0 radical (unpaired) electrons. The number of carbonyl (C=O) groups is 1. The summed E-state index contributed by atoms with van der Waals surface area (Å²) in [5, 5.41) is 0. The van der Waals surface area contributed by atoms with E-state index in [0.717, 1.165) is 11.1 Å². The molecule has 0 aromatic heterocycles. The largest absolute Gasteiger partial charge is 0.483 e. The molecule has 0 bridgehead atoms. The molecule has 0 saturated heterocycles. The van der Waals surface area contributed by atoms with Crippen LogP contribution in [0, 0.1) is 6.92 Å². The summed E-state index contributed by atoms with van der Waals surface area (Å²) in [6, 6.07) is 13.8. The van der Waals surface area contributed by atoms with Crippen molar-refractivity contribution in [3.05, 3.63) is 59.7 Å². The van der Waals surface area contributed by atoms with Crippen LogP contribution in [0.2, 0.25) is 0 Å². The number of para-hydroxylation sites is 1. The maximum absolute atomic E-state index is 12.2. The van der Waals surface area contributed by atoms with Crippen molar-refractivity contribution in [2.45, 2.75) is 31.6 Å². The number of rotatable bonds is 7. The van der Waals surface area contributed by atoms with Crippen molar-refractivity contribution in [3.63, 3.8) is 0 Å². The van der Waals surface area contributed by atoms with Gasteiger partial charge in [0.2, 0.25) is 0 Å². The molecule has 2 aromatic rings. The zero-order valence-electron chi connectivity index (χ0n) is 14.4. The van der Waals surface area contributed by atoms with E-state index in [1.165, 1.54) is 12.1 Å². The van der Waals surface area contributed by atoms with Gasteiger partial charge in [-0.2, -0.15) is 0 Å². The van der Waals surface area contributed by atoms with E-state index in [0.29, 0.717) is 11.7 Å². The number of sulfonamides is 1. The lowest BCUT2D eigenvalue weighted by atomic mass is 10.0. The molecule has 2 N–H and O–H groups in total. The molecule has 0 aliphatic heterocycles. The molecule has 0 fully saturated rings. The Morgan fingerprint density at radius 1 is 1.08 bits per heavy atom. The lowest BCUT2D eigenvalue weighted by Gasteiger charge is -2.11. The average Bonchev–Trinajstić information content (AvgIpc) is 2.59. The Labute approximate surface area is 148 Å². The zero-order chi connectivity index (χ0) is 18.4. The van der Waals surface area contributed by atoms with Crippen LogP contribution in [-0.2, 0) is 14.8 Å². The highest BCUT2D eigenvalue weighted by molar-refractivity contribution is 7.89. The minimum atomic E-state index is -3.83. The van der Waals surface area contributed by atoms with E-state index in [4.69, 9.17) is 4.74 Å². The monoisotopic (exact) mass is 362 g/mol. The van der Waals surface area contributed by atoms with E-state index in [1.54, 1.807) is 24.3 Å². The maximum atomic E-state index is 12.2. The van der Waals surface area contributed by atoms with Gasteiger partial charge < -0.3 is 4.74 Å². The molecule has 0 aliphatic carbocycles. The predicted octanol–water partition coefficient (Wildman–Crippen LogP) is 2.51. The molecule has 1 amide bonds. The lowest BCUT2D eigenvalue weighted by molar-refractivity contribution is -0.123. The smallest absolute Gasteiger partial charge is 0.272 e. The van der Waals surface area contributed by atoms with Crippen LogP contribution in [0.1, 0.15) is 30.9 Å². The molecule has 2 aromatic carbocycles. The van der Waals surface area contributed by atoms with Gasteiger partial charge in [0.25, 0.3) is 15.9 Å². The molecule has 25 heavy (non-hydrogen) atoms. The van der Waals surface area contributed by atoms with Crippen molar-refractivity contribution in [2.75, 3.05) is 6.61 Å². The van der Waals surface area contributed by atoms with Gasteiger partial charge in [-0.1, -0.05) is 44.2 Å². The van der Waals surface area contributed by atoms with Crippen LogP contribution in [0.3, 0.4) is 0 Å². The number of amides is 1. The first kappa shape index (κ1) is 19.0. The Bertz CT molecular complexity index is 830. The highest BCUT2D eigenvalue weighted by Crippen LogP contribution is 2.17. The highest BCUT2D eigenvalue weighted by Gasteiger charge is 2.15. The summed E-state index contributed by atoms with van der Waals surface area (Å²) >= 11 is 0. The van der Waals surface area contributed by atoms with Crippen molar-refractivity contribution in [3.8, 4) is 5.75 Å². The number of hydrogen-bond acceptors (Lipinski definition) is 4. The van der Waals surface area contributed by atoms with Gasteiger partial charge in [0.1, 0.15) is 5.75 Å². The van der Waals surface area contributed by atoms with E-state index < -0.39 is 15.9 Å². The minimum absolute atomic E-state index is 0.0806. The van der Waals surface area contributed by atoms with Crippen LogP contribution in [0.15, 0.2) is 53.4 Å². The normalized spacial score (nSPS) is 11.4. The lowest BCUT2D eigenvalue weighted by Crippen LogP contribution is -2.43. The molecule has 0 spiro atoms. The highest BCUT2D eigenvalue weighted by atomic mass is 32.2. The summed E-state index contributed by atoms with van der Waals surface area (Å²) in [5.74, 6) is 0.290. The summed E-state index contributed by atoms with van der Waals surface area (Å²) in [4.78, 5) is 13.9. The molecule has 6 nitrogen and oxygen atoms in total. The number of aryl methyl sites for hydroxylation is 1. The van der Waals surface area contributed by atoms with Crippen LogP contribution in [0.25, 0.3) is 0 Å². The van der Waals surface area contributed by atoms with Gasteiger partial charge in [0.05, 0.1) is 4.90 Å². The molecule has 2 rings (SSSR count). The number of ether oxygens (including phenoxy) is 1. The number of carbonyl (C=O) groups excluding carboxylic acids is 1. The quantitative estimate of drug-likeness (QED) is 0.741. The third kappa shape index (κ3) is 5.30. The minimum Gasteiger partial charge on any atom is -0.483 e. The van der Waals surface area contributed by atoms with Gasteiger partial charge in [-0.05, 0) is 42.2 Å². The second-order valence-corrected chi connectivity index (χ2v) is 7.61. The second-order valence-electron chi connectivity index (χ2n) is 5.93. The molecule has 0 unspecified atom stereocenters. The van der Waals surface area contributed by atoms with Crippen LogP contribution in [0.5, 0.6) is 5.75 Å². The summed E-state index contributed by atoms with van der Waals surface area (Å²) < 4.78 is 29.7. The van der Waals surface area contributed by atoms with Crippen LogP contribution in [-0.4, -0.2) is 20.9 Å². The maximum Gasteiger partial charge on any atom is 0.272 e. The molecule has 7 heteroatoms. The van der Waals surface area contributed by atoms with Gasteiger partial charge in [-0.15, -0.1) is 4.83 Å². The van der Waals surface area contributed by atoms with Crippen molar-refractivity contribution in [1.82, 2.24) is 10.3 Å². The van der Waals surface area contributed by atoms with Crippen molar-refractivity contribution in [1.29, 1.82) is 0 Å².